The van der Waals surface area contributed by atoms with E-state index in [-0.39, 0.29) is 19.2 Å². The zero-order chi connectivity index (χ0) is 26.7. The summed E-state index contributed by atoms with van der Waals surface area (Å²) in [6.45, 7) is 2.13. The van der Waals surface area contributed by atoms with E-state index in [4.69, 9.17) is 51.5 Å². The predicted octanol–water partition coefficient (Wildman–Crippen LogP) is -1.23. The van der Waals surface area contributed by atoms with Crippen LogP contribution >= 0.6 is 0 Å². The highest BCUT2D eigenvalue weighted by Crippen LogP contribution is 2.30. The molecule has 0 amide bonds. The van der Waals surface area contributed by atoms with Gasteiger partial charge in [0, 0.05) is 89.4 Å². The third kappa shape index (κ3) is 6.43. The van der Waals surface area contributed by atoms with Gasteiger partial charge in [0.25, 0.3) is 0 Å². The first-order valence-electron chi connectivity index (χ1n) is 12.9. The minimum atomic E-state index is -0.672. The molecule has 0 saturated carbocycles. The number of nitrogens with one attached hydrogen (secondary N) is 1. The summed E-state index contributed by atoms with van der Waals surface area (Å²) in [5, 5.41) is 8.64. The quantitative estimate of drug-likeness (QED) is 0.264. The molecule has 0 aliphatic carbocycles. The maximum absolute atomic E-state index is 11.5. The summed E-state index contributed by atoms with van der Waals surface area (Å²) in [5.41, 5.74) is 5.84. The molecule has 0 unspecified atom stereocenters. The molecule has 12 radical (unpaired) electrons. The lowest BCUT2D eigenvalue weighted by Gasteiger charge is -2.23. The van der Waals surface area contributed by atoms with Crippen LogP contribution in [0.5, 0.6) is 0 Å². The van der Waals surface area contributed by atoms with Crippen molar-refractivity contribution in [3.05, 3.63) is 24.2 Å². The van der Waals surface area contributed by atoms with Crippen molar-refractivity contribution in [2.45, 2.75) is 51.1 Å². The molecule has 3 heterocycles. The van der Waals surface area contributed by atoms with Gasteiger partial charge in [-0.15, -0.1) is 6.22 Å². The zero-order valence-electron chi connectivity index (χ0n) is 21.3. The van der Waals surface area contributed by atoms with Gasteiger partial charge in [-0.05, 0) is 31.3 Å². The summed E-state index contributed by atoms with van der Waals surface area (Å²) in [7, 11) is 36.3. The van der Waals surface area contributed by atoms with E-state index >= 15 is 0 Å². The van der Waals surface area contributed by atoms with Crippen molar-refractivity contribution in [2.24, 2.45) is 0 Å². The average molecular weight is 470 g/mol. The molecule has 1 atom stereocenters. The van der Waals surface area contributed by atoms with Crippen LogP contribution in [0.3, 0.4) is 0 Å². The Bertz CT molecular complexity index is 1230. The number of fused-ring (bicyclic) bond motifs is 2. The van der Waals surface area contributed by atoms with Crippen molar-refractivity contribution in [1.29, 1.82) is 0 Å². The monoisotopic (exact) mass is 472 g/mol. The largest absolute Gasteiger partial charge is 0.302 e. The Morgan fingerprint density at radius 1 is 1.11 bits per heavy atom. The molecule has 1 saturated heterocycles. The number of benzene rings is 1. The lowest BCUT2D eigenvalue weighted by molar-refractivity contribution is -0.111. The van der Waals surface area contributed by atoms with Gasteiger partial charge in [-0.2, -0.15) is 5.10 Å². The molecule has 3 aromatic rings. The van der Waals surface area contributed by atoms with Gasteiger partial charge in [0.2, 0.25) is 0 Å². The highest BCUT2D eigenvalue weighted by atomic mass is 16.1. The molecule has 2 aromatic heterocycles. The highest BCUT2D eigenvalue weighted by Gasteiger charge is 2.27. The van der Waals surface area contributed by atoms with E-state index in [1.807, 2.05) is 21.8 Å². The fraction of sp³-hybridized carbons (Fsp3) is 0.474. The Hall–Kier alpha value is -1.83. The first-order valence-corrected chi connectivity index (χ1v) is 12.9. The van der Waals surface area contributed by atoms with Crippen LogP contribution in [0, 0.1) is 0 Å². The molecule has 0 bridgehead atoms. The van der Waals surface area contributed by atoms with E-state index < -0.39 is 19.3 Å². The van der Waals surface area contributed by atoms with Crippen LogP contribution in [0.25, 0.3) is 21.8 Å². The lowest BCUT2D eigenvalue weighted by atomic mass is 8.79. The third-order valence-corrected chi connectivity index (χ3v) is 7.29. The molecule has 1 fully saturated rings. The van der Waals surface area contributed by atoms with E-state index in [9.17, 15) is 4.79 Å². The number of carbonyl (C=O) groups is 1. The van der Waals surface area contributed by atoms with Crippen LogP contribution in [-0.4, -0.2) is 123 Å². The molecule has 1 N–H and O–H groups in total. The molecule has 37 heavy (non-hydrogen) atoms. The van der Waals surface area contributed by atoms with Gasteiger partial charge < -0.3 is 10.2 Å². The van der Waals surface area contributed by atoms with E-state index in [0.29, 0.717) is 24.8 Å². The van der Waals surface area contributed by atoms with Gasteiger partial charge >= 0.3 is 0 Å². The zero-order valence-corrected chi connectivity index (χ0v) is 21.3. The van der Waals surface area contributed by atoms with E-state index in [1.54, 1.807) is 0 Å². The van der Waals surface area contributed by atoms with E-state index in [1.165, 1.54) is 6.33 Å². The van der Waals surface area contributed by atoms with Crippen molar-refractivity contribution in [3.8, 4) is 0 Å². The molecular formula is C19H23B11N6O. The normalized spacial score (nSPS) is 15.6. The molecule has 168 valence electrons. The molecule has 1 aliphatic heterocycles. The maximum atomic E-state index is 11.5. The predicted molar refractivity (Wildman–Crippen MR) is 165 cm³/mol. The van der Waals surface area contributed by atoms with Gasteiger partial charge in [-0.1, -0.05) is 13.2 Å². The molecule has 7 nitrogen and oxygen atoms in total. The van der Waals surface area contributed by atoms with Crippen molar-refractivity contribution in [1.82, 2.24) is 24.8 Å². The van der Waals surface area contributed by atoms with Crippen molar-refractivity contribution in [3.63, 3.8) is 0 Å². The number of aromatic nitrogens is 4. The van der Waals surface area contributed by atoms with Crippen LogP contribution in [0.15, 0.2) is 18.5 Å². The molecule has 4 rings (SSSR count). The summed E-state index contributed by atoms with van der Waals surface area (Å²) in [5.74, 6) is 0.643. The van der Waals surface area contributed by atoms with Gasteiger partial charge in [-0.3, -0.25) is 4.68 Å². The van der Waals surface area contributed by atoms with E-state index in [0.717, 1.165) is 59.5 Å². The lowest BCUT2D eigenvalue weighted by Crippen LogP contribution is -2.49. The van der Waals surface area contributed by atoms with Crippen LogP contribution in [0.4, 0.5) is 5.82 Å². The second kappa shape index (κ2) is 12.4. The van der Waals surface area contributed by atoms with Crippen LogP contribution in [0.1, 0.15) is 25.5 Å². The fourth-order valence-corrected chi connectivity index (χ4v) is 4.85. The molecule has 18 heteroatoms. The fourth-order valence-electron chi connectivity index (χ4n) is 4.85. The van der Waals surface area contributed by atoms with Crippen LogP contribution in [0.2, 0.25) is 12.5 Å². The van der Waals surface area contributed by atoms with Crippen LogP contribution in [-0.2, 0) is 17.6 Å². The third-order valence-electron chi connectivity index (χ3n) is 7.29. The first-order chi connectivity index (χ1) is 17.7. The number of hydrogen-bond donors (Lipinski definition) is 1. The molecule has 1 aromatic carbocycles. The van der Waals surface area contributed by atoms with Gasteiger partial charge in [0.05, 0.1) is 29.4 Å². The summed E-state index contributed by atoms with van der Waals surface area (Å²) in [6, 6.07) is 3.85. The van der Waals surface area contributed by atoms with Crippen molar-refractivity contribution < 1.29 is 4.79 Å². The second-order valence-electron chi connectivity index (χ2n) is 10.1. The minimum Gasteiger partial charge on any atom is -0.302 e. The number of carbonyl (C=O) groups excluding carboxylic acids is 1. The first kappa shape index (κ1) is 28.2. The molecule has 0 spiro atoms. The topological polar surface area (TPSA) is 75.9 Å². The summed E-state index contributed by atoms with van der Waals surface area (Å²) >= 11 is 0. The Morgan fingerprint density at radius 2 is 1.89 bits per heavy atom. The minimum absolute atomic E-state index is 0.0407. The van der Waals surface area contributed by atoms with Gasteiger partial charge in [-0.25, -0.2) is 15.0 Å². The maximum Gasteiger partial charge on any atom is 0.151 e. The van der Waals surface area contributed by atoms with Gasteiger partial charge in [0.1, 0.15) is 19.2 Å². The van der Waals surface area contributed by atoms with Crippen LogP contribution < -0.4 is 5.43 Å². The van der Waals surface area contributed by atoms with E-state index in [2.05, 4.69) is 22.3 Å². The number of hydrazine groups is 1. The smallest absolute Gasteiger partial charge is 0.151 e. The Balaban J connectivity index is 1.76. The van der Waals surface area contributed by atoms with Gasteiger partial charge in [0.15, 0.2) is 5.82 Å². The molecule has 1 aliphatic rings. The number of rotatable bonds is 12. The van der Waals surface area contributed by atoms with Crippen molar-refractivity contribution in [2.75, 3.05) is 12.0 Å². The average Bonchev–Trinajstić information content (AvgIpc) is 3.46. The number of aldehydes is 1. The number of nitrogens with zero attached hydrogens (tertiary/aromatic N) is 5. The summed E-state index contributed by atoms with van der Waals surface area (Å²) < 4.78 is 1.90. The molecular weight excluding hydrogens is 447 g/mol. The van der Waals surface area contributed by atoms with Crippen molar-refractivity contribution >= 4 is 113 Å². The Labute approximate surface area is 229 Å². The Kier molecular flexibility index (Phi) is 9.41. The Morgan fingerprint density at radius 3 is 2.57 bits per heavy atom. The summed E-state index contributed by atoms with van der Waals surface area (Å²) in [4.78, 5) is 20.5. The number of anilines is 1. The highest BCUT2D eigenvalue weighted by molar-refractivity contribution is 7.69. The SMILES string of the molecule is [B]B(CC)Cc1nn(CB(CB([B])B([B])[B])B([B])[B])c2cc3ncnc(NN4CCC[C@H]4C=O)c3cc12. The number of hydrogen-bond acceptors (Lipinski definition) is 6. The summed E-state index contributed by atoms with van der Waals surface area (Å²) in [6.07, 6.45) is 5.26. The second-order valence-corrected chi connectivity index (χ2v) is 10.1. The standard InChI is InChI=1S/C19H23B11N6O/c1-2-26(20)8-17-14-6-15-16(31-12-32-19(15)34-35-5-3-4-13(35)9-37)7-18(14)36(33-17)11-27(29(22)23)10-28(21)30(24)25/h6-7,9,12-13H,2-5,8,10-11H2,1H3,(H,31,32,34)/t13-/m0/s1.